The highest BCUT2D eigenvalue weighted by molar-refractivity contribution is 14.1. The van der Waals surface area contributed by atoms with Gasteiger partial charge < -0.3 is 15.8 Å². The molecule has 4 nitrogen and oxygen atoms in total. The molecule has 2 rings (SSSR count). The summed E-state index contributed by atoms with van der Waals surface area (Å²) in [4.78, 5) is 11.7. The minimum absolute atomic E-state index is 0.0798. The van der Waals surface area contributed by atoms with Gasteiger partial charge in [-0.2, -0.15) is 0 Å². The number of nitrogens with one attached hydrogen (secondary N) is 1. The van der Waals surface area contributed by atoms with Gasteiger partial charge in [0.25, 0.3) is 5.91 Å². The lowest BCUT2D eigenvalue weighted by Crippen LogP contribution is -2.27. The van der Waals surface area contributed by atoms with E-state index in [-0.39, 0.29) is 5.91 Å². The van der Waals surface area contributed by atoms with Gasteiger partial charge in [-0.1, -0.05) is 12.1 Å². The van der Waals surface area contributed by atoms with E-state index in [0.717, 1.165) is 2.88 Å². The topological polar surface area (TPSA) is 64.3 Å². The van der Waals surface area contributed by atoms with Crippen LogP contribution in [0.4, 0.5) is 5.69 Å². The lowest BCUT2D eigenvalue weighted by atomic mass is 10.3. The molecule has 1 aromatic heterocycles. The largest absolute Gasteiger partial charge is 0.490 e. The van der Waals surface area contributed by atoms with Crippen LogP contribution < -0.4 is 15.8 Å². The lowest BCUT2D eigenvalue weighted by Gasteiger charge is -2.09. The number of halogens is 1. The van der Waals surface area contributed by atoms with Crippen LogP contribution in [0.15, 0.2) is 35.7 Å². The fraction of sp³-hybridized carbons (Fsp3) is 0.154. The molecule has 0 bridgehead atoms. The van der Waals surface area contributed by atoms with Crippen LogP contribution in [0.5, 0.6) is 5.75 Å². The number of nitrogens with two attached hydrogens (primary N) is 1. The molecule has 1 amide bonds. The highest BCUT2D eigenvalue weighted by Gasteiger charge is 2.07. The molecule has 1 heterocycles. The van der Waals surface area contributed by atoms with E-state index in [1.54, 1.807) is 23.5 Å². The Morgan fingerprint density at radius 2 is 2.21 bits per heavy atom. The van der Waals surface area contributed by atoms with Gasteiger partial charge in [0, 0.05) is 5.38 Å². The third kappa shape index (κ3) is 4.10. The van der Waals surface area contributed by atoms with Gasteiger partial charge in [0.1, 0.15) is 12.4 Å². The quantitative estimate of drug-likeness (QED) is 0.471. The predicted molar refractivity (Wildman–Crippen MR) is 85.7 cm³/mol. The van der Waals surface area contributed by atoms with E-state index in [1.165, 1.54) is 0 Å². The van der Waals surface area contributed by atoms with E-state index in [9.17, 15) is 4.79 Å². The average Bonchev–Trinajstić information content (AvgIpc) is 2.83. The fourth-order valence-corrected chi connectivity index (χ4v) is 2.80. The molecule has 0 atom stereocenters. The standard InChI is InChI=1S/C13H13IN2O2S/c14-12-7-9(8-19-12)13(17)16-5-6-18-11-4-2-1-3-10(11)15/h1-4,7-8H,5-6,15H2,(H,16,17). The summed E-state index contributed by atoms with van der Waals surface area (Å²) < 4.78 is 6.58. The van der Waals surface area contributed by atoms with Crippen molar-refractivity contribution in [2.75, 3.05) is 18.9 Å². The van der Waals surface area contributed by atoms with Gasteiger partial charge in [-0.15, -0.1) is 11.3 Å². The van der Waals surface area contributed by atoms with Crippen LogP contribution in [0.25, 0.3) is 0 Å². The van der Waals surface area contributed by atoms with Gasteiger partial charge in [0.2, 0.25) is 0 Å². The van der Waals surface area contributed by atoms with E-state index < -0.39 is 0 Å². The highest BCUT2D eigenvalue weighted by atomic mass is 127. The number of ether oxygens (including phenoxy) is 1. The number of carbonyl (C=O) groups excluding carboxylic acids is 1. The molecule has 0 saturated carbocycles. The van der Waals surface area contributed by atoms with Gasteiger partial charge >= 0.3 is 0 Å². The van der Waals surface area contributed by atoms with Crippen LogP contribution in [0.1, 0.15) is 10.4 Å². The van der Waals surface area contributed by atoms with Crippen LogP contribution in [0.2, 0.25) is 0 Å². The van der Waals surface area contributed by atoms with Crippen molar-refractivity contribution in [3.05, 3.63) is 44.2 Å². The fourth-order valence-electron chi connectivity index (χ4n) is 1.47. The molecule has 3 N–H and O–H groups in total. The average molecular weight is 388 g/mol. The molecule has 19 heavy (non-hydrogen) atoms. The van der Waals surface area contributed by atoms with Crippen molar-refractivity contribution >= 4 is 45.5 Å². The number of hydrogen-bond donors (Lipinski definition) is 2. The van der Waals surface area contributed by atoms with Crippen LogP contribution in [-0.2, 0) is 0 Å². The maximum atomic E-state index is 11.7. The number of carbonyl (C=O) groups is 1. The molecule has 0 fully saturated rings. The van der Waals surface area contributed by atoms with E-state index >= 15 is 0 Å². The summed E-state index contributed by atoms with van der Waals surface area (Å²) in [7, 11) is 0. The number of anilines is 1. The molecule has 2 aromatic rings. The number of thiophene rings is 1. The third-order valence-corrected chi connectivity index (χ3v) is 4.18. The van der Waals surface area contributed by atoms with Gasteiger partial charge in [0.15, 0.2) is 0 Å². The Morgan fingerprint density at radius 1 is 1.42 bits per heavy atom. The Morgan fingerprint density at radius 3 is 2.89 bits per heavy atom. The van der Waals surface area contributed by atoms with Gasteiger partial charge in [-0.25, -0.2) is 0 Å². The summed E-state index contributed by atoms with van der Waals surface area (Å²) in [6, 6.07) is 9.15. The SMILES string of the molecule is Nc1ccccc1OCCNC(=O)c1csc(I)c1. The highest BCUT2D eigenvalue weighted by Crippen LogP contribution is 2.19. The zero-order valence-electron chi connectivity index (χ0n) is 10.1. The van der Waals surface area contributed by atoms with Crippen molar-refractivity contribution in [3.8, 4) is 5.75 Å². The Kier molecular flexibility index (Phi) is 5.03. The first-order valence-corrected chi connectivity index (χ1v) is 7.62. The first-order chi connectivity index (χ1) is 9.16. The smallest absolute Gasteiger partial charge is 0.252 e. The minimum Gasteiger partial charge on any atom is -0.490 e. The maximum Gasteiger partial charge on any atom is 0.252 e. The summed E-state index contributed by atoms with van der Waals surface area (Å²) in [6.07, 6.45) is 0. The second-order valence-electron chi connectivity index (χ2n) is 3.78. The molecule has 0 aliphatic heterocycles. The van der Waals surface area contributed by atoms with Crippen molar-refractivity contribution in [3.63, 3.8) is 0 Å². The van der Waals surface area contributed by atoms with Crippen LogP contribution in [-0.4, -0.2) is 19.1 Å². The zero-order valence-corrected chi connectivity index (χ0v) is 13.0. The number of benzene rings is 1. The number of hydrogen-bond acceptors (Lipinski definition) is 4. The summed E-state index contributed by atoms with van der Waals surface area (Å²) in [5.74, 6) is 0.561. The van der Waals surface area contributed by atoms with E-state index in [2.05, 4.69) is 27.9 Å². The number of para-hydroxylation sites is 2. The first-order valence-electron chi connectivity index (χ1n) is 5.66. The predicted octanol–water partition coefficient (Wildman–Crippen LogP) is 2.74. The second-order valence-corrected chi connectivity index (χ2v) is 6.59. The molecular formula is C13H13IN2O2S. The Balaban J connectivity index is 1.75. The third-order valence-electron chi connectivity index (χ3n) is 2.39. The molecule has 0 unspecified atom stereocenters. The molecular weight excluding hydrogens is 375 g/mol. The number of nitrogen functional groups attached to an aromatic ring is 1. The van der Waals surface area contributed by atoms with Crippen molar-refractivity contribution in [1.29, 1.82) is 0 Å². The van der Waals surface area contributed by atoms with Crippen molar-refractivity contribution in [2.24, 2.45) is 0 Å². The summed E-state index contributed by atoms with van der Waals surface area (Å²) in [5.41, 5.74) is 7.03. The van der Waals surface area contributed by atoms with E-state index in [4.69, 9.17) is 10.5 Å². The molecule has 0 aliphatic rings. The van der Waals surface area contributed by atoms with Gasteiger partial charge in [-0.3, -0.25) is 4.79 Å². The Hall–Kier alpha value is -1.28. The van der Waals surface area contributed by atoms with Crippen LogP contribution in [0.3, 0.4) is 0 Å². The molecule has 6 heteroatoms. The molecule has 100 valence electrons. The van der Waals surface area contributed by atoms with Crippen molar-refractivity contribution < 1.29 is 9.53 Å². The monoisotopic (exact) mass is 388 g/mol. The molecule has 0 aliphatic carbocycles. The number of amides is 1. The lowest BCUT2D eigenvalue weighted by molar-refractivity contribution is 0.0947. The van der Waals surface area contributed by atoms with Crippen molar-refractivity contribution in [2.45, 2.75) is 0 Å². The summed E-state index contributed by atoms with van der Waals surface area (Å²) in [5, 5.41) is 4.64. The summed E-state index contributed by atoms with van der Waals surface area (Å²) in [6.45, 7) is 0.834. The maximum absolute atomic E-state index is 11.7. The second kappa shape index (κ2) is 6.76. The Bertz CT molecular complexity index is 571. The Labute approximate surface area is 129 Å². The van der Waals surface area contributed by atoms with E-state index in [0.29, 0.717) is 30.2 Å². The first kappa shape index (κ1) is 14.1. The normalized spacial score (nSPS) is 10.2. The van der Waals surface area contributed by atoms with Crippen LogP contribution in [0, 0.1) is 2.88 Å². The van der Waals surface area contributed by atoms with Crippen LogP contribution >= 0.6 is 33.9 Å². The van der Waals surface area contributed by atoms with Gasteiger partial charge in [-0.05, 0) is 40.8 Å². The van der Waals surface area contributed by atoms with Crippen molar-refractivity contribution in [1.82, 2.24) is 5.32 Å². The number of rotatable bonds is 5. The summed E-state index contributed by atoms with van der Waals surface area (Å²) >= 11 is 3.74. The molecule has 0 radical (unpaired) electrons. The van der Waals surface area contributed by atoms with Gasteiger partial charge in [0.05, 0.1) is 20.7 Å². The van der Waals surface area contributed by atoms with E-state index in [1.807, 2.05) is 23.6 Å². The minimum atomic E-state index is -0.0798. The molecule has 0 spiro atoms. The molecule has 1 aromatic carbocycles. The zero-order chi connectivity index (χ0) is 13.7. The molecule has 0 saturated heterocycles.